The van der Waals surface area contributed by atoms with Gasteiger partial charge in [-0.25, -0.2) is 0 Å². The fourth-order valence-corrected chi connectivity index (χ4v) is 3.25. The van der Waals surface area contributed by atoms with Gasteiger partial charge in [-0.2, -0.15) is 0 Å². The zero-order valence-electron chi connectivity index (χ0n) is 16.6. The van der Waals surface area contributed by atoms with E-state index in [1.165, 1.54) is 11.0 Å². The molecule has 0 saturated carbocycles. The maximum absolute atomic E-state index is 12.5. The van der Waals surface area contributed by atoms with Crippen molar-refractivity contribution in [3.8, 4) is 0 Å². The zero-order valence-corrected chi connectivity index (χ0v) is 17.4. The summed E-state index contributed by atoms with van der Waals surface area (Å²) in [7, 11) is 0. The Balaban J connectivity index is 1.92. The summed E-state index contributed by atoms with van der Waals surface area (Å²) in [6.45, 7) is 3.97. The highest BCUT2D eigenvalue weighted by Gasteiger charge is 2.29. The minimum absolute atomic E-state index is 0.0202. The standard InChI is InChI=1S/C19H23ClN4O6/c1-11(2)17(19(28)21-8-3-9-23-15(25)6-7-16(23)26)22-18(27)13-5-4-12(24(29)30)10-14(13)20/h4-5,10-11,17H,3,6-9H2,1-2H3,(H,21,28)(H,22,27). The van der Waals surface area contributed by atoms with Gasteiger partial charge < -0.3 is 10.6 Å². The molecule has 1 aliphatic rings. The van der Waals surface area contributed by atoms with E-state index in [0.717, 1.165) is 12.1 Å². The van der Waals surface area contributed by atoms with Gasteiger partial charge in [-0.15, -0.1) is 0 Å². The van der Waals surface area contributed by atoms with E-state index >= 15 is 0 Å². The summed E-state index contributed by atoms with van der Waals surface area (Å²) >= 11 is 5.97. The second kappa shape index (κ2) is 10.1. The fraction of sp³-hybridized carbons (Fsp3) is 0.474. The second-order valence-electron chi connectivity index (χ2n) is 7.20. The van der Waals surface area contributed by atoms with E-state index in [2.05, 4.69) is 10.6 Å². The van der Waals surface area contributed by atoms with E-state index in [9.17, 15) is 29.3 Å². The lowest BCUT2D eigenvalue weighted by Gasteiger charge is -2.22. The van der Waals surface area contributed by atoms with Crippen molar-refractivity contribution < 1.29 is 24.1 Å². The van der Waals surface area contributed by atoms with E-state index in [0.29, 0.717) is 6.42 Å². The van der Waals surface area contributed by atoms with Gasteiger partial charge in [0.2, 0.25) is 17.7 Å². The molecule has 2 N–H and O–H groups in total. The molecule has 0 aromatic heterocycles. The average molecular weight is 439 g/mol. The van der Waals surface area contributed by atoms with Crippen molar-refractivity contribution in [1.29, 1.82) is 0 Å². The molecular weight excluding hydrogens is 416 g/mol. The minimum Gasteiger partial charge on any atom is -0.354 e. The summed E-state index contributed by atoms with van der Waals surface area (Å²) in [6, 6.07) is 2.60. The normalized spacial score (nSPS) is 14.7. The zero-order chi connectivity index (χ0) is 22.4. The molecule has 1 aliphatic heterocycles. The van der Waals surface area contributed by atoms with Crippen molar-refractivity contribution in [2.45, 2.75) is 39.2 Å². The molecule has 1 unspecified atom stereocenters. The predicted molar refractivity (Wildman–Crippen MR) is 108 cm³/mol. The molecule has 1 aromatic carbocycles. The molecule has 162 valence electrons. The number of carbonyl (C=O) groups excluding carboxylic acids is 4. The molecule has 1 aromatic rings. The lowest BCUT2D eigenvalue weighted by atomic mass is 10.0. The van der Waals surface area contributed by atoms with Crippen LogP contribution in [0.25, 0.3) is 0 Å². The Bertz CT molecular complexity index is 857. The van der Waals surface area contributed by atoms with Crippen LogP contribution < -0.4 is 10.6 Å². The van der Waals surface area contributed by atoms with E-state index in [1.807, 2.05) is 0 Å². The van der Waals surface area contributed by atoms with Crippen molar-refractivity contribution in [3.63, 3.8) is 0 Å². The summed E-state index contributed by atoms with van der Waals surface area (Å²) in [5.41, 5.74) is -0.226. The van der Waals surface area contributed by atoms with Crippen molar-refractivity contribution in [2.75, 3.05) is 13.1 Å². The molecule has 30 heavy (non-hydrogen) atoms. The predicted octanol–water partition coefficient (Wildman–Crippen LogP) is 1.66. The number of hydrogen-bond donors (Lipinski definition) is 2. The van der Waals surface area contributed by atoms with Crippen LogP contribution in [-0.4, -0.2) is 52.6 Å². The number of nitrogens with one attached hydrogen (secondary N) is 2. The van der Waals surface area contributed by atoms with Crippen LogP contribution in [0.15, 0.2) is 18.2 Å². The Labute approximate surface area is 178 Å². The number of hydrogen-bond acceptors (Lipinski definition) is 6. The van der Waals surface area contributed by atoms with Gasteiger partial charge >= 0.3 is 0 Å². The fourth-order valence-electron chi connectivity index (χ4n) is 2.99. The topological polar surface area (TPSA) is 139 Å². The van der Waals surface area contributed by atoms with Gasteiger partial charge in [0.1, 0.15) is 6.04 Å². The van der Waals surface area contributed by atoms with Crippen LogP contribution in [0, 0.1) is 16.0 Å². The molecule has 0 radical (unpaired) electrons. The van der Waals surface area contributed by atoms with Crippen molar-refractivity contribution in [3.05, 3.63) is 38.9 Å². The minimum atomic E-state index is -0.862. The summed E-state index contributed by atoms with van der Waals surface area (Å²) < 4.78 is 0. The number of nitro benzene ring substituents is 1. The van der Waals surface area contributed by atoms with Gasteiger partial charge in [0.05, 0.1) is 15.5 Å². The van der Waals surface area contributed by atoms with Crippen LogP contribution in [0.1, 0.15) is 43.5 Å². The van der Waals surface area contributed by atoms with Crippen molar-refractivity contribution in [2.24, 2.45) is 5.92 Å². The van der Waals surface area contributed by atoms with Crippen LogP contribution in [0.4, 0.5) is 5.69 Å². The van der Waals surface area contributed by atoms with Gasteiger partial charge in [-0.05, 0) is 18.4 Å². The maximum atomic E-state index is 12.5. The van der Waals surface area contributed by atoms with Crippen LogP contribution in [0.3, 0.4) is 0 Å². The van der Waals surface area contributed by atoms with Crippen molar-refractivity contribution in [1.82, 2.24) is 15.5 Å². The monoisotopic (exact) mass is 438 g/mol. The third-order valence-electron chi connectivity index (χ3n) is 4.66. The Morgan fingerprint density at radius 3 is 2.40 bits per heavy atom. The molecule has 2 rings (SSSR count). The molecular formula is C19H23ClN4O6. The number of rotatable bonds is 9. The highest BCUT2D eigenvalue weighted by atomic mass is 35.5. The van der Waals surface area contributed by atoms with Crippen LogP contribution in [-0.2, 0) is 14.4 Å². The molecule has 1 fully saturated rings. The summed E-state index contributed by atoms with van der Waals surface area (Å²) in [5.74, 6) is -1.71. The molecule has 0 bridgehead atoms. The smallest absolute Gasteiger partial charge is 0.270 e. The molecule has 1 heterocycles. The van der Waals surface area contributed by atoms with Crippen molar-refractivity contribution >= 4 is 40.9 Å². The van der Waals surface area contributed by atoms with Gasteiger partial charge in [-0.3, -0.25) is 34.2 Å². The number of imide groups is 1. The number of halogens is 1. The van der Waals surface area contributed by atoms with E-state index in [1.54, 1.807) is 13.8 Å². The Morgan fingerprint density at radius 2 is 1.87 bits per heavy atom. The highest BCUT2D eigenvalue weighted by molar-refractivity contribution is 6.34. The molecule has 1 atom stereocenters. The number of nitrogens with zero attached hydrogens (tertiary/aromatic N) is 2. The Morgan fingerprint density at radius 1 is 1.23 bits per heavy atom. The van der Waals surface area contributed by atoms with Gasteiger partial charge in [0.15, 0.2) is 0 Å². The summed E-state index contributed by atoms with van der Waals surface area (Å²) in [4.78, 5) is 59.5. The molecule has 1 saturated heterocycles. The lowest BCUT2D eigenvalue weighted by Crippen LogP contribution is -2.50. The van der Waals surface area contributed by atoms with Crippen LogP contribution in [0.2, 0.25) is 5.02 Å². The number of likely N-dealkylation sites (tertiary alicyclic amines) is 1. The number of nitro groups is 1. The first-order valence-electron chi connectivity index (χ1n) is 9.47. The van der Waals surface area contributed by atoms with Gasteiger partial charge in [0, 0.05) is 38.1 Å². The number of amides is 4. The molecule has 0 aliphatic carbocycles. The number of benzene rings is 1. The first-order valence-corrected chi connectivity index (χ1v) is 9.85. The van der Waals surface area contributed by atoms with Crippen LogP contribution >= 0.6 is 11.6 Å². The van der Waals surface area contributed by atoms with Gasteiger partial charge in [-0.1, -0.05) is 25.4 Å². The SMILES string of the molecule is CC(C)C(NC(=O)c1ccc([N+](=O)[O-])cc1Cl)C(=O)NCCCN1C(=O)CCC1=O. The number of carbonyl (C=O) groups is 4. The highest BCUT2D eigenvalue weighted by Crippen LogP contribution is 2.22. The molecule has 4 amide bonds. The van der Waals surface area contributed by atoms with E-state index < -0.39 is 22.8 Å². The van der Waals surface area contributed by atoms with E-state index in [-0.39, 0.29) is 59.9 Å². The summed E-state index contributed by atoms with van der Waals surface area (Å²) in [6.07, 6.45) is 0.839. The third-order valence-corrected chi connectivity index (χ3v) is 4.97. The Hall–Kier alpha value is -3.01. The Kier molecular flexibility index (Phi) is 7.87. The van der Waals surface area contributed by atoms with E-state index in [4.69, 9.17) is 11.6 Å². The van der Waals surface area contributed by atoms with Crippen LogP contribution in [0.5, 0.6) is 0 Å². The average Bonchev–Trinajstić information content (AvgIpc) is 3.00. The quantitative estimate of drug-likeness (QED) is 0.260. The number of non-ortho nitro benzene ring substituents is 1. The summed E-state index contributed by atoms with van der Waals surface area (Å²) in [5, 5.41) is 16.0. The largest absolute Gasteiger partial charge is 0.354 e. The molecule has 11 heteroatoms. The first kappa shape index (κ1) is 23.3. The molecule has 10 nitrogen and oxygen atoms in total. The molecule has 0 spiro atoms. The maximum Gasteiger partial charge on any atom is 0.270 e. The van der Waals surface area contributed by atoms with Gasteiger partial charge in [0.25, 0.3) is 11.6 Å². The lowest BCUT2D eigenvalue weighted by molar-refractivity contribution is -0.384. The second-order valence-corrected chi connectivity index (χ2v) is 7.61. The first-order chi connectivity index (χ1) is 14.1. The third kappa shape index (κ3) is 5.76.